The summed E-state index contributed by atoms with van der Waals surface area (Å²) in [6.07, 6.45) is 1.09. The van der Waals surface area contributed by atoms with Gasteiger partial charge in [0.2, 0.25) is 0 Å². The van der Waals surface area contributed by atoms with Gasteiger partial charge in [0, 0.05) is 12.6 Å². The molecule has 0 aromatic heterocycles. The van der Waals surface area contributed by atoms with E-state index in [2.05, 4.69) is 44.7 Å². The van der Waals surface area contributed by atoms with E-state index in [1.165, 1.54) is 5.56 Å². The Labute approximate surface area is 98.5 Å². The van der Waals surface area contributed by atoms with Gasteiger partial charge in [-0.1, -0.05) is 13.0 Å². The summed E-state index contributed by atoms with van der Waals surface area (Å²) < 4.78 is 0. The number of nitrogens with zero attached hydrogens (tertiary/aromatic N) is 2. The Bertz CT molecular complexity index is 388. The van der Waals surface area contributed by atoms with Crippen LogP contribution in [-0.4, -0.2) is 12.6 Å². The standard InChI is InChI=1S/C14H20N2/c1-5-8-16(11(2)3)14-9-12(4)6-7-13(14)10-15/h6-7,9,11H,5,8H2,1-4H3. The first-order valence-electron chi connectivity index (χ1n) is 5.87. The molecule has 1 rings (SSSR count). The number of aryl methyl sites for hydroxylation is 1. The van der Waals surface area contributed by atoms with Crippen molar-refractivity contribution in [1.29, 1.82) is 5.26 Å². The lowest BCUT2D eigenvalue weighted by molar-refractivity contribution is 0.670. The van der Waals surface area contributed by atoms with Crippen LogP contribution >= 0.6 is 0 Å². The molecule has 0 aliphatic rings. The van der Waals surface area contributed by atoms with Crippen molar-refractivity contribution in [2.75, 3.05) is 11.4 Å². The fourth-order valence-electron chi connectivity index (χ4n) is 1.87. The fraction of sp³-hybridized carbons (Fsp3) is 0.500. The molecule has 2 heteroatoms. The Morgan fingerprint density at radius 3 is 2.56 bits per heavy atom. The lowest BCUT2D eigenvalue weighted by Gasteiger charge is -2.29. The molecule has 0 fully saturated rings. The zero-order valence-electron chi connectivity index (χ0n) is 10.6. The van der Waals surface area contributed by atoms with Crippen LogP contribution < -0.4 is 4.90 Å². The second-order valence-corrected chi connectivity index (χ2v) is 4.42. The highest BCUT2D eigenvalue weighted by Gasteiger charge is 2.13. The van der Waals surface area contributed by atoms with Gasteiger partial charge in [0.1, 0.15) is 6.07 Å². The average molecular weight is 216 g/mol. The highest BCUT2D eigenvalue weighted by molar-refractivity contribution is 5.61. The van der Waals surface area contributed by atoms with Crippen molar-refractivity contribution < 1.29 is 0 Å². The Balaban J connectivity index is 3.17. The largest absolute Gasteiger partial charge is 0.368 e. The molecule has 2 nitrogen and oxygen atoms in total. The van der Waals surface area contributed by atoms with E-state index in [0.717, 1.165) is 24.2 Å². The van der Waals surface area contributed by atoms with Gasteiger partial charge in [-0.25, -0.2) is 0 Å². The summed E-state index contributed by atoms with van der Waals surface area (Å²) in [5.74, 6) is 0. The van der Waals surface area contributed by atoms with E-state index in [4.69, 9.17) is 5.26 Å². The molecular weight excluding hydrogens is 196 g/mol. The van der Waals surface area contributed by atoms with E-state index in [0.29, 0.717) is 6.04 Å². The first kappa shape index (κ1) is 12.6. The summed E-state index contributed by atoms with van der Waals surface area (Å²) in [4.78, 5) is 2.30. The topological polar surface area (TPSA) is 27.0 Å². The molecule has 1 aromatic carbocycles. The highest BCUT2D eigenvalue weighted by atomic mass is 15.1. The second-order valence-electron chi connectivity index (χ2n) is 4.42. The SMILES string of the molecule is CCCN(c1cc(C)ccc1C#N)C(C)C. The van der Waals surface area contributed by atoms with Gasteiger partial charge in [-0.15, -0.1) is 0 Å². The lowest BCUT2D eigenvalue weighted by Crippen LogP contribution is -2.32. The number of anilines is 1. The van der Waals surface area contributed by atoms with Crippen LogP contribution in [0.3, 0.4) is 0 Å². The number of hydrogen-bond donors (Lipinski definition) is 0. The van der Waals surface area contributed by atoms with Gasteiger partial charge in [-0.05, 0) is 44.9 Å². The van der Waals surface area contributed by atoms with Gasteiger partial charge in [-0.3, -0.25) is 0 Å². The minimum atomic E-state index is 0.425. The molecule has 0 unspecified atom stereocenters. The fourth-order valence-corrected chi connectivity index (χ4v) is 1.87. The quantitative estimate of drug-likeness (QED) is 0.770. The molecule has 0 N–H and O–H groups in total. The van der Waals surface area contributed by atoms with Crippen molar-refractivity contribution in [3.63, 3.8) is 0 Å². The molecule has 86 valence electrons. The molecule has 1 aromatic rings. The summed E-state index contributed by atoms with van der Waals surface area (Å²) in [5.41, 5.74) is 3.04. The molecule has 0 atom stereocenters. The van der Waals surface area contributed by atoms with Crippen LogP contribution in [0.4, 0.5) is 5.69 Å². The van der Waals surface area contributed by atoms with Crippen LogP contribution in [0.5, 0.6) is 0 Å². The van der Waals surface area contributed by atoms with E-state index < -0.39 is 0 Å². The molecule has 0 bridgehead atoms. The number of benzene rings is 1. The predicted molar refractivity (Wildman–Crippen MR) is 68.7 cm³/mol. The number of nitriles is 1. The predicted octanol–water partition coefficient (Wildman–Crippen LogP) is 3.49. The molecule has 0 heterocycles. The normalized spacial score (nSPS) is 10.2. The lowest BCUT2D eigenvalue weighted by atomic mass is 10.1. The molecule has 0 spiro atoms. The minimum Gasteiger partial charge on any atom is -0.368 e. The van der Waals surface area contributed by atoms with Crippen molar-refractivity contribution in [3.8, 4) is 6.07 Å². The number of rotatable bonds is 4. The van der Waals surface area contributed by atoms with Gasteiger partial charge >= 0.3 is 0 Å². The van der Waals surface area contributed by atoms with E-state index >= 15 is 0 Å². The Morgan fingerprint density at radius 2 is 2.06 bits per heavy atom. The van der Waals surface area contributed by atoms with Gasteiger partial charge in [0.05, 0.1) is 11.3 Å². The van der Waals surface area contributed by atoms with Gasteiger partial charge in [0.25, 0.3) is 0 Å². The summed E-state index contributed by atoms with van der Waals surface area (Å²) in [6.45, 7) is 9.56. The summed E-state index contributed by atoms with van der Waals surface area (Å²) >= 11 is 0. The van der Waals surface area contributed by atoms with Crippen LogP contribution in [-0.2, 0) is 0 Å². The van der Waals surface area contributed by atoms with E-state index in [9.17, 15) is 0 Å². The monoisotopic (exact) mass is 216 g/mol. The maximum Gasteiger partial charge on any atom is 0.101 e. The third-order valence-corrected chi connectivity index (χ3v) is 2.67. The zero-order chi connectivity index (χ0) is 12.1. The van der Waals surface area contributed by atoms with Crippen LogP contribution in [0.2, 0.25) is 0 Å². The second kappa shape index (κ2) is 5.55. The maximum atomic E-state index is 9.13. The van der Waals surface area contributed by atoms with Crippen LogP contribution in [0.15, 0.2) is 18.2 Å². The maximum absolute atomic E-state index is 9.13. The molecule has 0 aliphatic carbocycles. The van der Waals surface area contributed by atoms with Crippen molar-refractivity contribution >= 4 is 5.69 Å². The van der Waals surface area contributed by atoms with Gasteiger partial charge in [-0.2, -0.15) is 5.26 Å². The molecule has 0 saturated carbocycles. The average Bonchev–Trinajstić information content (AvgIpc) is 2.25. The highest BCUT2D eigenvalue weighted by Crippen LogP contribution is 2.23. The van der Waals surface area contributed by atoms with E-state index in [-0.39, 0.29) is 0 Å². The molecular formula is C14H20N2. The zero-order valence-corrected chi connectivity index (χ0v) is 10.6. The Kier molecular flexibility index (Phi) is 4.37. The first-order chi connectivity index (χ1) is 7.60. The number of hydrogen-bond acceptors (Lipinski definition) is 2. The van der Waals surface area contributed by atoms with Crippen LogP contribution in [0.1, 0.15) is 38.3 Å². The summed E-state index contributed by atoms with van der Waals surface area (Å²) in [6, 6.07) is 8.71. The van der Waals surface area contributed by atoms with E-state index in [1.54, 1.807) is 0 Å². The van der Waals surface area contributed by atoms with Crippen LogP contribution in [0.25, 0.3) is 0 Å². The van der Waals surface area contributed by atoms with Crippen molar-refractivity contribution in [1.82, 2.24) is 0 Å². The third-order valence-electron chi connectivity index (χ3n) is 2.67. The minimum absolute atomic E-state index is 0.425. The Morgan fingerprint density at radius 1 is 1.38 bits per heavy atom. The summed E-state index contributed by atoms with van der Waals surface area (Å²) in [7, 11) is 0. The Hall–Kier alpha value is -1.49. The van der Waals surface area contributed by atoms with Gasteiger partial charge in [0.15, 0.2) is 0 Å². The third kappa shape index (κ3) is 2.76. The smallest absolute Gasteiger partial charge is 0.101 e. The molecule has 16 heavy (non-hydrogen) atoms. The van der Waals surface area contributed by atoms with Crippen molar-refractivity contribution in [2.45, 2.75) is 40.2 Å². The first-order valence-corrected chi connectivity index (χ1v) is 5.87. The molecule has 0 saturated heterocycles. The molecule has 0 amide bonds. The molecule has 0 radical (unpaired) electrons. The van der Waals surface area contributed by atoms with Gasteiger partial charge < -0.3 is 4.90 Å². The summed E-state index contributed by atoms with van der Waals surface area (Å²) in [5, 5.41) is 9.13. The van der Waals surface area contributed by atoms with E-state index in [1.807, 2.05) is 12.1 Å². The molecule has 0 aliphatic heterocycles. The van der Waals surface area contributed by atoms with Crippen LogP contribution in [0, 0.1) is 18.3 Å². The van der Waals surface area contributed by atoms with Crippen molar-refractivity contribution in [3.05, 3.63) is 29.3 Å². The van der Waals surface area contributed by atoms with Crippen molar-refractivity contribution in [2.24, 2.45) is 0 Å².